The molecule has 0 aliphatic heterocycles. The summed E-state index contributed by atoms with van der Waals surface area (Å²) in [7, 11) is 0. The van der Waals surface area contributed by atoms with Gasteiger partial charge in [0.25, 0.3) is 0 Å². The van der Waals surface area contributed by atoms with Crippen molar-refractivity contribution in [2.75, 3.05) is 0 Å². The molecule has 0 saturated heterocycles. The zero-order chi connectivity index (χ0) is 11.0. The Bertz CT molecular complexity index is 522. The molecular weight excluding hydrogens is 212 g/mol. The van der Waals surface area contributed by atoms with Crippen molar-refractivity contribution in [1.29, 1.82) is 0 Å². The van der Waals surface area contributed by atoms with E-state index in [2.05, 4.69) is 15.4 Å². The average Bonchev–Trinajstić information content (AvgIpc) is 2.71. The molecule has 2 heterocycles. The second kappa shape index (κ2) is 3.62. The third-order valence-corrected chi connectivity index (χ3v) is 2.37. The van der Waals surface area contributed by atoms with Crippen molar-refractivity contribution in [2.45, 2.75) is 26.8 Å². The van der Waals surface area contributed by atoms with Gasteiger partial charge in [0.15, 0.2) is 16.3 Å². The Labute approximate surface area is 92.1 Å². The molecular formula is C9H12N4OS. The minimum Gasteiger partial charge on any atom is -0.361 e. The van der Waals surface area contributed by atoms with Crippen LogP contribution >= 0.6 is 12.2 Å². The maximum absolute atomic E-state index is 5.14. The second-order valence-corrected chi connectivity index (χ2v) is 4.03. The van der Waals surface area contributed by atoms with E-state index in [1.807, 2.05) is 31.4 Å². The molecule has 6 heteroatoms. The Morgan fingerprint density at radius 1 is 1.53 bits per heavy atom. The van der Waals surface area contributed by atoms with Crippen LogP contribution in [0.25, 0.3) is 11.5 Å². The van der Waals surface area contributed by atoms with Crippen LogP contribution in [0.2, 0.25) is 0 Å². The van der Waals surface area contributed by atoms with Crippen molar-refractivity contribution in [2.24, 2.45) is 0 Å². The lowest BCUT2D eigenvalue weighted by Gasteiger charge is -2.07. The fourth-order valence-electron chi connectivity index (χ4n) is 1.44. The van der Waals surface area contributed by atoms with Gasteiger partial charge in [-0.2, -0.15) is 5.10 Å². The standard InChI is InChI=1S/C9H12N4OS/c1-5(2)13-8(10-11-9(13)15)7-4-6(3)14-12-7/h4-5H,1-3H3,(H,11,15). The fourth-order valence-corrected chi connectivity index (χ4v) is 1.78. The zero-order valence-corrected chi connectivity index (χ0v) is 9.63. The van der Waals surface area contributed by atoms with Crippen LogP contribution < -0.4 is 0 Å². The van der Waals surface area contributed by atoms with Gasteiger partial charge in [0, 0.05) is 12.1 Å². The smallest absolute Gasteiger partial charge is 0.195 e. The van der Waals surface area contributed by atoms with Crippen molar-refractivity contribution in [1.82, 2.24) is 19.9 Å². The summed E-state index contributed by atoms with van der Waals surface area (Å²) in [6.07, 6.45) is 0. The highest BCUT2D eigenvalue weighted by Gasteiger charge is 2.14. The topological polar surface area (TPSA) is 59.6 Å². The van der Waals surface area contributed by atoms with Gasteiger partial charge in [-0.05, 0) is 33.0 Å². The third kappa shape index (κ3) is 1.72. The van der Waals surface area contributed by atoms with Crippen LogP contribution in [0.4, 0.5) is 0 Å². The van der Waals surface area contributed by atoms with E-state index in [0.717, 1.165) is 5.76 Å². The van der Waals surface area contributed by atoms with E-state index in [-0.39, 0.29) is 6.04 Å². The van der Waals surface area contributed by atoms with Crippen LogP contribution in [-0.4, -0.2) is 19.9 Å². The van der Waals surface area contributed by atoms with E-state index in [9.17, 15) is 0 Å². The molecule has 15 heavy (non-hydrogen) atoms. The predicted octanol–water partition coefficient (Wildman–Crippen LogP) is 2.49. The molecule has 0 saturated carbocycles. The largest absolute Gasteiger partial charge is 0.361 e. The van der Waals surface area contributed by atoms with Gasteiger partial charge in [0.2, 0.25) is 0 Å². The van der Waals surface area contributed by atoms with Crippen LogP contribution in [0.3, 0.4) is 0 Å². The first kappa shape index (κ1) is 10.1. The zero-order valence-electron chi connectivity index (χ0n) is 8.81. The van der Waals surface area contributed by atoms with Crippen molar-refractivity contribution in [3.05, 3.63) is 16.6 Å². The Balaban J connectivity index is 2.58. The van der Waals surface area contributed by atoms with Gasteiger partial charge in [0.05, 0.1) is 0 Å². The van der Waals surface area contributed by atoms with Crippen molar-refractivity contribution < 1.29 is 4.52 Å². The molecule has 1 N–H and O–H groups in total. The van der Waals surface area contributed by atoms with Gasteiger partial charge in [-0.1, -0.05) is 5.16 Å². The maximum atomic E-state index is 5.14. The normalized spacial score (nSPS) is 11.2. The minimum absolute atomic E-state index is 0.239. The summed E-state index contributed by atoms with van der Waals surface area (Å²) in [6, 6.07) is 2.08. The summed E-state index contributed by atoms with van der Waals surface area (Å²) < 4.78 is 7.52. The van der Waals surface area contributed by atoms with Crippen LogP contribution in [0.5, 0.6) is 0 Å². The molecule has 80 valence electrons. The number of hydrogen-bond acceptors (Lipinski definition) is 4. The lowest BCUT2D eigenvalue weighted by atomic mass is 10.3. The van der Waals surface area contributed by atoms with Crippen LogP contribution in [0, 0.1) is 11.7 Å². The SMILES string of the molecule is Cc1cc(-c2n[nH]c(=S)n2C(C)C)no1. The first-order valence-electron chi connectivity index (χ1n) is 4.70. The Morgan fingerprint density at radius 2 is 2.27 bits per heavy atom. The summed E-state index contributed by atoms with van der Waals surface area (Å²) in [5.74, 6) is 1.47. The monoisotopic (exact) mass is 224 g/mol. The number of rotatable bonds is 2. The van der Waals surface area contributed by atoms with E-state index >= 15 is 0 Å². The Hall–Kier alpha value is -1.43. The average molecular weight is 224 g/mol. The van der Waals surface area contributed by atoms with Crippen molar-refractivity contribution in [3.63, 3.8) is 0 Å². The number of aromatic amines is 1. The number of H-pyrrole nitrogens is 1. The molecule has 0 aliphatic rings. The van der Waals surface area contributed by atoms with Crippen LogP contribution in [0.15, 0.2) is 10.6 Å². The summed E-state index contributed by atoms with van der Waals surface area (Å²) in [4.78, 5) is 0. The lowest BCUT2D eigenvalue weighted by molar-refractivity contribution is 0.398. The first-order valence-corrected chi connectivity index (χ1v) is 5.11. The van der Waals surface area contributed by atoms with Crippen LogP contribution in [0.1, 0.15) is 25.6 Å². The quantitative estimate of drug-likeness (QED) is 0.796. The molecule has 0 bridgehead atoms. The number of aromatic nitrogens is 4. The Morgan fingerprint density at radius 3 is 2.80 bits per heavy atom. The van der Waals surface area contributed by atoms with E-state index in [4.69, 9.17) is 16.7 Å². The molecule has 2 rings (SSSR count). The summed E-state index contributed by atoms with van der Waals surface area (Å²) in [6.45, 7) is 5.93. The molecule has 5 nitrogen and oxygen atoms in total. The molecule has 2 aromatic heterocycles. The lowest BCUT2D eigenvalue weighted by Crippen LogP contribution is -2.03. The molecule has 0 atom stereocenters. The van der Waals surface area contributed by atoms with Gasteiger partial charge in [-0.15, -0.1) is 0 Å². The number of hydrogen-bond donors (Lipinski definition) is 1. The summed E-state index contributed by atoms with van der Waals surface area (Å²) >= 11 is 5.14. The first-order chi connectivity index (χ1) is 7.09. The van der Waals surface area contributed by atoms with Gasteiger partial charge >= 0.3 is 0 Å². The molecule has 0 fully saturated rings. The Kier molecular flexibility index (Phi) is 2.44. The molecule has 0 spiro atoms. The van der Waals surface area contributed by atoms with Gasteiger partial charge in [-0.3, -0.25) is 9.67 Å². The molecule has 0 aromatic carbocycles. The van der Waals surface area contributed by atoms with Gasteiger partial charge in [0.1, 0.15) is 5.76 Å². The molecule has 0 amide bonds. The van der Waals surface area contributed by atoms with E-state index in [1.165, 1.54) is 0 Å². The molecule has 0 unspecified atom stereocenters. The van der Waals surface area contributed by atoms with E-state index < -0.39 is 0 Å². The maximum Gasteiger partial charge on any atom is 0.195 e. The molecule has 0 aliphatic carbocycles. The highest BCUT2D eigenvalue weighted by atomic mass is 32.1. The van der Waals surface area contributed by atoms with E-state index in [1.54, 1.807) is 0 Å². The number of aryl methyl sites for hydroxylation is 1. The van der Waals surface area contributed by atoms with Crippen LogP contribution in [-0.2, 0) is 0 Å². The van der Waals surface area contributed by atoms with Crippen molar-refractivity contribution >= 4 is 12.2 Å². The highest BCUT2D eigenvalue weighted by Crippen LogP contribution is 2.20. The fraction of sp³-hybridized carbons (Fsp3) is 0.444. The molecule has 2 aromatic rings. The number of nitrogens with zero attached hydrogens (tertiary/aromatic N) is 3. The minimum atomic E-state index is 0.239. The van der Waals surface area contributed by atoms with Gasteiger partial charge < -0.3 is 4.52 Å². The third-order valence-electron chi connectivity index (χ3n) is 2.08. The van der Waals surface area contributed by atoms with Gasteiger partial charge in [-0.25, -0.2) is 0 Å². The second-order valence-electron chi connectivity index (χ2n) is 3.64. The molecule has 0 radical (unpaired) electrons. The van der Waals surface area contributed by atoms with Crippen molar-refractivity contribution in [3.8, 4) is 11.5 Å². The summed E-state index contributed by atoms with van der Waals surface area (Å²) in [5.41, 5.74) is 0.702. The highest BCUT2D eigenvalue weighted by molar-refractivity contribution is 7.71. The predicted molar refractivity (Wildman–Crippen MR) is 58.0 cm³/mol. The van der Waals surface area contributed by atoms with E-state index in [0.29, 0.717) is 16.3 Å². The summed E-state index contributed by atoms with van der Waals surface area (Å²) in [5, 5.41) is 10.8. The number of nitrogens with one attached hydrogen (secondary N) is 1.